The van der Waals surface area contributed by atoms with E-state index in [4.69, 9.17) is 19.4 Å². The van der Waals surface area contributed by atoms with Crippen molar-refractivity contribution in [2.75, 3.05) is 0 Å². The van der Waals surface area contributed by atoms with Crippen LogP contribution in [0.3, 0.4) is 0 Å². The van der Waals surface area contributed by atoms with Gasteiger partial charge in [0.15, 0.2) is 0 Å². The molecule has 0 spiro atoms. The summed E-state index contributed by atoms with van der Waals surface area (Å²) in [6, 6.07) is 37.7. The van der Waals surface area contributed by atoms with E-state index in [9.17, 15) is 0 Å². The van der Waals surface area contributed by atoms with Crippen molar-refractivity contribution in [3.8, 4) is 33.9 Å². The summed E-state index contributed by atoms with van der Waals surface area (Å²) >= 11 is -1.98. The van der Waals surface area contributed by atoms with Crippen LogP contribution in [0.4, 0.5) is 0 Å². The molecule has 1 atom stereocenters. The van der Waals surface area contributed by atoms with Gasteiger partial charge in [-0.15, -0.1) is 17.7 Å². The minimum atomic E-state index is -1.98. The third-order valence-electron chi connectivity index (χ3n) is 11.7. The van der Waals surface area contributed by atoms with Crippen molar-refractivity contribution >= 4 is 50.8 Å². The Morgan fingerprint density at radius 2 is 1.54 bits per heavy atom. The molecule has 8 heteroatoms. The summed E-state index contributed by atoms with van der Waals surface area (Å²) in [4.78, 5) is 19.0. The Hall–Kier alpha value is -4.43. The first kappa shape index (κ1) is 42.2. The molecule has 1 radical (unpaired) electrons. The van der Waals surface area contributed by atoms with E-state index >= 15 is 0 Å². The first-order valence-electron chi connectivity index (χ1n) is 19.9. The van der Waals surface area contributed by atoms with Crippen LogP contribution >= 0.6 is 0 Å². The van der Waals surface area contributed by atoms with Gasteiger partial charge in [0, 0.05) is 43.3 Å². The summed E-state index contributed by atoms with van der Waals surface area (Å²) < 4.78 is 9.97. The zero-order chi connectivity index (χ0) is 39.8. The number of hydrogen-bond acceptors (Lipinski definition) is 5. The molecule has 1 unspecified atom stereocenters. The van der Waals surface area contributed by atoms with Gasteiger partial charge in [-0.05, 0) is 32.9 Å². The molecule has 8 rings (SSSR count). The van der Waals surface area contributed by atoms with E-state index in [1.165, 1.54) is 18.4 Å². The predicted molar refractivity (Wildman–Crippen MR) is 236 cm³/mol. The van der Waals surface area contributed by atoms with Crippen molar-refractivity contribution in [2.45, 2.75) is 90.5 Å². The maximum Gasteiger partial charge on any atom is 0.216 e. The monoisotopic (exact) mass is 994 g/mol. The van der Waals surface area contributed by atoms with Crippen molar-refractivity contribution in [3.63, 3.8) is 0 Å². The Bertz CT molecular complexity index is 2620. The molecular formula is C49H53GeIrN5O-2. The third-order valence-corrected chi connectivity index (χ3v) is 16.0. The molecular weight excluding hydrogens is 939 g/mol. The molecule has 0 saturated carbocycles. The molecule has 5 aromatic heterocycles. The normalized spacial score (nSPS) is 12.5. The molecule has 0 N–H and O–H groups in total. The van der Waals surface area contributed by atoms with Crippen LogP contribution in [-0.4, -0.2) is 37.8 Å². The quantitative estimate of drug-likeness (QED) is 0.106. The number of benzene rings is 3. The van der Waals surface area contributed by atoms with E-state index in [0.29, 0.717) is 17.0 Å². The van der Waals surface area contributed by atoms with Crippen molar-refractivity contribution in [3.05, 3.63) is 127 Å². The average Bonchev–Trinajstić information content (AvgIpc) is 3.80. The molecule has 0 fully saturated rings. The van der Waals surface area contributed by atoms with E-state index < -0.39 is 13.3 Å². The van der Waals surface area contributed by atoms with Gasteiger partial charge in [0.05, 0.1) is 33.8 Å². The average molecular weight is 993 g/mol. The van der Waals surface area contributed by atoms with Crippen LogP contribution in [0, 0.1) is 24.5 Å². The smallest absolute Gasteiger partial charge is 0.216 e. The molecule has 0 aliphatic rings. The molecule has 0 bridgehead atoms. The molecule has 5 heterocycles. The van der Waals surface area contributed by atoms with E-state index in [-0.39, 0.29) is 26.1 Å². The number of aromatic nitrogens is 5. The minimum absolute atomic E-state index is 0. The van der Waals surface area contributed by atoms with E-state index in [1.54, 1.807) is 10.6 Å². The van der Waals surface area contributed by atoms with E-state index in [0.717, 1.165) is 67.0 Å². The van der Waals surface area contributed by atoms with E-state index in [2.05, 4.69) is 123 Å². The molecule has 0 saturated heterocycles. The van der Waals surface area contributed by atoms with Crippen LogP contribution in [0.2, 0.25) is 17.3 Å². The van der Waals surface area contributed by atoms with Gasteiger partial charge in [-0.1, -0.05) is 47.9 Å². The van der Waals surface area contributed by atoms with Crippen LogP contribution < -0.4 is 4.40 Å². The molecule has 0 aliphatic carbocycles. The Labute approximate surface area is 354 Å². The number of rotatable bonds is 9. The fourth-order valence-corrected chi connectivity index (χ4v) is 11.2. The summed E-state index contributed by atoms with van der Waals surface area (Å²) in [6.07, 6.45) is 6.39. The molecule has 6 nitrogen and oxygen atoms in total. The standard InChI is InChI=1S/C27H21N4O.C22H32GeN.Ir/c1-16(2)31-25-17(3)28-14-13-23(25)29-26(31)19-9-10-20-21-11-12-22(18-7-5-4-6-8-18)30-27(21)32-24(20)15-19;1-8-22(4,9-2)17(3)19-15-21(18-13-11-10-12-14-18)24-16-20(19)23(5,6)7;/h4-8,10-16H,1-3H3;10-13,15-17H,8-9H2,1-7H3;/q2*-1;. The van der Waals surface area contributed by atoms with Gasteiger partial charge in [-0.2, -0.15) is 0 Å². The second-order valence-electron chi connectivity index (χ2n) is 16.6. The molecule has 57 heavy (non-hydrogen) atoms. The zero-order valence-electron chi connectivity index (χ0n) is 34.9. The second-order valence-corrected chi connectivity index (χ2v) is 27.1. The molecule has 8 aromatic rings. The van der Waals surface area contributed by atoms with Crippen molar-refractivity contribution in [2.24, 2.45) is 5.41 Å². The Kier molecular flexibility index (Phi) is 12.7. The predicted octanol–water partition coefficient (Wildman–Crippen LogP) is 12.8. The van der Waals surface area contributed by atoms with Gasteiger partial charge in [-0.25, -0.2) is 4.98 Å². The number of imidazole rings is 1. The van der Waals surface area contributed by atoms with Gasteiger partial charge in [0.25, 0.3) is 0 Å². The Balaban J connectivity index is 0.000000198. The summed E-state index contributed by atoms with van der Waals surface area (Å²) in [5.74, 6) is 8.81. The SMILES string of the molecule is CCC(C)(CC)C(C)c1cc(-c2[c-]cccc2)nc[c]1[Ge]([CH3])([CH3])[CH3].Cc1nccc2nc(-c3[c-]cc4c(c3)oc3nc(-c5ccccc5)ccc34)n(C(C)C)c12.[Ir]. The van der Waals surface area contributed by atoms with Crippen LogP contribution in [0.1, 0.15) is 77.6 Å². The van der Waals surface area contributed by atoms with Gasteiger partial charge < -0.3 is 8.98 Å². The van der Waals surface area contributed by atoms with Crippen LogP contribution in [-0.2, 0) is 20.1 Å². The van der Waals surface area contributed by atoms with Gasteiger partial charge in [0.2, 0.25) is 5.71 Å². The van der Waals surface area contributed by atoms with Gasteiger partial charge in [0.1, 0.15) is 0 Å². The van der Waals surface area contributed by atoms with Gasteiger partial charge >= 0.3 is 151 Å². The van der Waals surface area contributed by atoms with E-state index in [1.807, 2.05) is 61.5 Å². The number of furan rings is 1. The largest absolute Gasteiger partial charge is 0.458 e. The number of nitrogens with zero attached hydrogens (tertiary/aromatic N) is 5. The number of pyridine rings is 3. The fourth-order valence-electron chi connectivity index (χ4n) is 7.79. The summed E-state index contributed by atoms with van der Waals surface area (Å²) in [5.41, 5.74) is 11.2. The number of fused-ring (bicyclic) bond motifs is 4. The molecule has 295 valence electrons. The first-order valence-corrected chi connectivity index (χ1v) is 27.3. The maximum absolute atomic E-state index is 6.19. The summed E-state index contributed by atoms with van der Waals surface area (Å²) in [6.45, 7) is 15.8. The van der Waals surface area contributed by atoms with Crippen LogP contribution in [0.5, 0.6) is 0 Å². The molecule has 0 amide bonds. The van der Waals surface area contributed by atoms with Crippen molar-refractivity contribution < 1.29 is 24.5 Å². The number of aryl methyl sites for hydroxylation is 1. The zero-order valence-corrected chi connectivity index (χ0v) is 39.4. The Morgan fingerprint density at radius 3 is 2.21 bits per heavy atom. The topological polar surface area (TPSA) is 69.6 Å². The van der Waals surface area contributed by atoms with Gasteiger partial charge in [-0.3, -0.25) is 9.97 Å². The first-order chi connectivity index (χ1) is 26.8. The van der Waals surface area contributed by atoms with Crippen molar-refractivity contribution in [1.82, 2.24) is 24.5 Å². The molecule has 3 aromatic carbocycles. The number of hydrogen-bond donors (Lipinski definition) is 0. The van der Waals surface area contributed by atoms with Crippen molar-refractivity contribution in [1.29, 1.82) is 0 Å². The summed E-state index contributed by atoms with van der Waals surface area (Å²) in [5, 5.41) is 1.99. The minimum Gasteiger partial charge on any atom is -0.458 e. The van der Waals surface area contributed by atoms with Crippen LogP contribution in [0.25, 0.3) is 67.0 Å². The summed E-state index contributed by atoms with van der Waals surface area (Å²) in [7, 11) is 0. The maximum atomic E-state index is 6.19. The van der Waals surface area contributed by atoms with Crippen LogP contribution in [0.15, 0.2) is 108 Å². The second kappa shape index (κ2) is 17.2. The third kappa shape index (κ3) is 8.44. The fraction of sp³-hybridized carbons (Fsp3) is 0.306. The Morgan fingerprint density at radius 1 is 0.807 bits per heavy atom. The molecule has 0 aliphatic heterocycles.